The molecule has 1 amide bonds. The lowest BCUT2D eigenvalue weighted by Gasteiger charge is -2.19. The van der Waals surface area contributed by atoms with Gasteiger partial charge in [-0.15, -0.1) is 23.1 Å². The maximum Gasteiger partial charge on any atom is 0.254 e. The Morgan fingerprint density at radius 1 is 1.18 bits per heavy atom. The Morgan fingerprint density at radius 2 is 1.96 bits per heavy atom. The van der Waals surface area contributed by atoms with E-state index < -0.39 is 0 Å². The van der Waals surface area contributed by atoms with Crippen molar-refractivity contribution in [3.05, 3.63) is 76.2 Å². The standard InChI is InChI=1S/C22H24N2O2S2/c1-17-8-3-5-10-20(17)26-13-7-12-24(2)22(25)19-9-4-6-11-21(19)28-15-18-14-27-16-23-18/h3-6,8-11,14,16H,7,12-13,15H2,1-2H3. The topological polar surface area (TPSA) is 42.4 Å². The van der Waals surface area contributed by atoms with Gasteiger partial charge in [-0.3, -0.25) is 4.79 Å². The van der Waals surface area contributed by atoms with Crippen LogP contribution in [0.3, 0.4) is 0 Å². The van der Waals surface area contributed by atoms with Crippen LogP contribution in [-0.4, -0.2) is 36.0 Å². The van der Waals surface area contributed by atoms with Gasteiger partial charge < -0.3 is 9.64 Å². The summed E-state index contributed by atoms with van der Waals surface area (Å²) in [6, 6.07) is 15.7. The number of aryl methyl sites for hydroxylation is 1. The van der Waals surface area contributed by atoms with Crippen LogP contribution in [0.2, 0.25) is 0 Å². The number of hydrogen-bond acceptors (Lipinski definition) is 5. The monoisotopic (exact) mass is 412 g/mol. The van der Waals surface area contributed by atoms with Gasteiger partial charge in [0.25, 0.3) is 5.91 Å². The molecule has 0 saturated heterocycles. The highest BCUT2D eigenvalue weighted by molar-refractivity contribution is 7.98. The van der Waals surface area contributed by atoms with E-state index in [2.05, 4.69) is 4.98 Å². The first kappa shape index (κ1) is 20.4. The predicted molar refractivity (Wildman–Crippen MR) is 116 cm³/mol. The maximum absolute atomic E-state index is 12.9. The number of thioether (sulfide) groups is 1. The van der Waals surface area contributed by atoms with E-state index in [4.69, 9.17) is 4.74 Å². The summed E-state index contributed by atoms with van der Waals surface area (Å²) in [5.74, 6) is 1.71. The zero-order valence-corrected chi connectivity index (χ0v) is 17.8. The molecule has 2 aromatic carbocycles. The van der Waals surface area contributed by atoms with E-state index >= 15 is 0 Å². The highest BCUT2D eigenvalue weighted by Crippen LogP contribution is 2.27. The van der Waals surface area contributed by atoms with Crippen LogP contribution in [-0.2, 0) is 5.75 Å². The third kappa shape index (κ3) is 5.59. The Balaban J connectivity index is 1.52. The highest BCUT2D eigenvalue weighted by atomic mass is 32.2. The molecule has 0 bridgehead atoms. The number of hydrogen-bond donors (Lipinski definition) is 0. The van der Waals surface area contributed by atoms with Crippen molar-refractivity contribution in [2.75, 3.05) is 20.2 Å². The fourth-order valence-corrected chi connectivity index (χ4v) is 4.35. The van der Waals surface area contributed by atoms with E-state index in [-0.39, 0.29) is 5.91 Å². The van der Waals surface area contributed by atoms with Crippen LogP contribution >= 0.6 is 23.1 Å². The second-order valence-electron chi connectivity index (χ2n) is 6.46. The van der Waals surface area contributed by atoms with Gasteiger partial charge in [-0.25, -0.2) is 4.98 Å². The SMILES string of the molecule is Cc1ccccc1OCCCN(C)C(=O)c1ccccc1SCc1cscn1. The van der Waals surface area contributed by atoms with Gasteiger partial charge in [0.1, 0.15) is 5.75 Å². The molecule has 0 atom stereocenters. The quantitative estimate of drug-likeness (QED) is 0.354. The van der Waals surface area contributed by atoms with Crippen LogP contribution in [0.5, 0.6) is 5.75 Å². The van der Waals surface area contributed by atoms with Crippen molar-refractivity contribution < 1.29 is 9.53 Å². The number of carbonyl (C=O) groups excluding carboxylic acids is 1. The molecule has 6 heteroatoms. The Hall–Kier alpha value is -2.31. The van der Waals surface area contributed by atoms with E-state index in [1.807, 2.05) is 73.4 Å². The van der Waals surface area contributed by atoms with Crippen LogP contribution in [0.15, 0.2) is 64.3 Å². The van der Waals surface area contributed by atoms with Crippen molar-refractivity contribution in [2.45, 2.75) is 24.0 Å². The zero-order valence-electron chi connectivity index (χ0n) is 16.1. The Bertz CT molecular complexity index is 897. The van der Waals surface area contributed by atoms with Crippen molar-refractivity contribution in [1.29, 1.82) is 0 Å². The molecule has 0 spiro atoms. The van der Waals surface area contributed by atoms with E-state index in [1.165, 1.54) is 0 Å². The van der Waals surface area contributed by atoms with Gasteiger partial charge in [0, 0.05) is 29.6 Å². The summed E-state index contributed by atoms with van der Waals surface area (Å²) >= 11 is 3.24. The molecule has 3 aromatic rings. The molecule has 1 heterocycles. The summed E-state index contributed by atoms with van der Waals surface area (Å²) in [4.78, 5) is 20.0. The van der Waals surface area contributed by atoms with E-state index in [0.29, 0.717) is 13.2 Å². The molecular formula is C22H24N2O2S2. The summed E-state index contributed by atoms with van der Waals surface area (Å²) in [5, 5.41) is 2.04. The molecule has 28 heavy (non-hydrogen) atoms. The van der Waals surface area contributed by atoms with Gasteiger partial charge in [0.15, 0.2) is 0 Å². The van der Waals surface area contributed by atoms with Crippen molar-refractivity contribution in [3.63, 3.8) is 0 Å². The maximum atomic E-state index is 12.9. The average molecular weight is 413 g/mol. The minimum atomic E-state index is 0.0391. The minimum Gasteiger partial charge on any atom is -0.493 e. The molecule has 146 valence electrons. The summed E-state index contributed by atoms with van der Waals surface area (Å²) in [6.07, 6.45) is 0.782. The highest BCUT2D eigenvalue weighted by Gasteiger charge is 2.16. The lowest BCUT2D eigenvalue weighted by atomic mass is 10.2. The molecule has 3 rings (SSSR count). The number of amides is 1. The summed E-state index contributed by atoms with van der Waals surface area (Å²) in [7, 11) is 1.85. The molecule has 0 saturated carbocycles. The first-order valence-corrected chi connectivity index (χ1v) is 11.1. The molecule has 0 unspecified atom stereocenters. The lowest BCUT2D eigenvalue weighted by Crippen LogP contribution is -2.29. The summed E-state index contributed by atoms with van der Waals surface area (Å²) in [6.45, 7) is 3.27. The number of thiazole rings is 1. The average Bonchev–Trinajstić information content (AvgIpc) is 3.24. The fraction of sp³-hybridized carbons (Fsp3) is 0.273. The Morgan fingerprint density at radius 3 is 2.75 bits per heavy atom. The van der Waals surface area contributed by atoms with Gasteiger partial charge in [0.05, 0.1) is 23.4 Å². The molecule has 4 nitrogen and oxygen atoms in total. The molecule has 0 fully saturated rings. The Kier molecular flexibility index (Phi) is 7.51. The number of carbonyl (C=O) groups is 1. The Labute approximate surface area is 174 Å². The number of rotatable bonds is 9. The third-order valence-electron chi connectivity index (χ3n) is 4.31. The third-order valence-corrected chi connectivity index (χ3v) is 6.05. The normalized spacial score (nSPS) is 10.6. The largest absolute Gasteiger partial charge is 0.493 e. The van der Waals surface area contributed by atoms with Crippen LogP contribution in [0.25, 0.3) is 0 Å². The number of benzene rings is 2. The minimum absolute atomic E-state index is 0.0391. The van der Waals surface area contributed by atoms with Crippen molar-refractivity contribution in [1.82, 2.24) is 9.88 Å². The van der Waals surface area contributed by atoms with Crippen molar-refractivity contribution >= 4 is 29.0 Å². The van der Waals surface area contributed by atoms with Gasteiger partial charge in [-0.05, 0) is 37.1 Å². The second kappa shape index (κ2) is 10.3. The van der Waals surface area contributed by atoms with Crippen LogP contribution < -0.4 is 4.74 Å². The van der Waals surface area contributed by atoms with Crippen LogP contribution in [0.4, 0.5) is 0 Å². The molecule has 1 aromatic heterocycles. The predicted octanol–water partition coefficient (Wildman–Crippen LogP) is 5.28. The first-order valence-electron chi connectivity index (χ1n) is 9.18. The van der Waals surface area contributed by atoms with E-state index in [0.717, 1.165) is 39.6 Å². The van der Waals surface area contributed by atoms with Gasteiger partial charge in [0.2, 0.25) is 0 Å². The number of para-hydroxylation sites is 1. The first-order chi connectivity index (χ1) is 13.6. The van der Waals surface area contributed by atoms with Crippen LogP contribution in [0, 0.1) is 6.92 Å². The van der Waals surface area contributed by atoms with E-state index in [1.54, 1.807) is 28.0 Å². The van der Waals surface area contributed by atoms with Crippen molar-refractivity contribution in [2.24, 2.45) is 0 Å². The number of aromatic nitrogens is 1. The zero-order chi connectivity index (χ0) is 19.8. The molecule has 0 aliphatic rings. The molecule has 0 N–H and O–H groups in total. The lowest BCUT2D eigenvalue weighted by molar-refractivity contribution is 0.0784. The summed E-state index contributed by atoms with van der Waals surface area (Å²) < 4.78 is 5.83. The van der Waals surface area contributed by atoms with Gasteiger partial charge in [-0.1, -0.05) is 30.3 Å². The number of ether oxygens (including phenoxy) is 1. The summed E-state index contributed by atoms with van der Waals surface area (Å²) in [5.41, 5.74) is 4.74. The van der Waals surface area contributed by atoms with E-state index in [9.17, 15) is 4.79 Å². The molecule has 0 aliphatic heterocycles. The molecule has 0 radical (unpaired) electrons. The molecular weight excluding hydrogens is 388 g/mol. The second-order valence-corrected chi connectivity index (χ2v) is 8.19. The van der Waals surface area contributed by atoms with Gasteiger partial charge in [-0.2, -0.15) is 0 Å². The smallest absolute Gasteiger partial charge is 0.254 e. The number of nitrogens with zero attached hydrogens (tertiary/aromatic N) is 2. The van der Waals surface area contributed by atoms with Gasteiger partial charge >= 0.3 is 0 Å². The fourth-order valence-electron chi connectivity index (χ4n) is 2.74. The van der Waals surface area contributed by atoms with Crippen LogP contribution in [0.1, 0.15) is 28.0 Å². The molecule has 0 aliphatic carbocycles. The van der Waals surface area contributed by atoms with Crippen molar-refractivity contribution in [3.8, 4) is 5.75 Å².